The van der Waals surface area contributed by atoms with Gasteiger partial charge in [0.25, 0.3) is 5.56 Å². The van der Waals surface area contributed by atoms with Gasteiger partial charge in [-0.05, 0) is 18.9 Å². The van der Waals surface area contributed by atoms with Crippen molar-refractivity contribution in [1.82, 2.24) is 9.13 Å². The molecule has 2 saturated heterocycles. The van der Waals surface area contributed by atoms with Gasteiger partial charge in [-0.1, -0.05) is 42.5 Å². The van der Waals surface area contributed by atoms with Crippen molar-refractivity contribution >= 4 is 0 Å². The summed E-state index contributed by atoms with van der Waals surface area (Å²) >= 11 is 0. The predicted octanol–water partition coefficient (Wildman–Crippen LogP) is 0.864. The second kappa shape index (κ2) is 8.09. The second-order valence-corrected chi connectivity index (χ2v) is 8.41. The molecule has 0 saturated carbocycles. The summed E-state index contributed by atoms with van der Waals surface area (Å²) in [5, 5.41) is 10.7. The summed E-state index contributed by atoms with van der Waals surface area (Å²) < 4.78 is 26.2. The maximum Gasteiger partial charge on any atom is 0.335 e. The van der Waals surface area contributed by atoms with E-state index in [-0.39, 0.29) is 19.4 Å². The zero-order chi connectivity index (χ0) is 22.5. The van der Waals surface area contributed by atoms with Gasteiger partial charge in [-0.25, -0.2) is 9.36 Å². The largest absolute Gasteiger partial charge is 0.386 e. The van der Waals surface area contributed by atoms with Crippen LogP contribution in [0.1, 0.15) is 23.8 Å². The molecule has 1 aromatic carbocycles. The molecule has 2 fully saturated rings. The number of ether oxygens (including phenoxy) is 4. The number of fused-ring (bicyclic) bond motifs is 1. The van der Waals surface area contributed by atoms with E-state index in [1.807, 2.05) is 36.4 Å². The van der Waals surface area contributed by atoms with Crippen LogP contribution < -0.4 is 11.2 Å². The molecule has 9 nitrogen and oxygen atoms in total. The summed E-state index contributed by atoms with van der Waals surface area (Å²) in [6, 6.07) is 9.50. The van der Waals surface area contributed by atoms with Crippen molar-refractivity contribution in [3.8, 4) is 0 Å². The minimum atomic E-state index is -1.10. The van der Waals surface area contributed by atoms with Crippen LogP contribution in [0.15, 0.2) is 58.3 Å². The molecule has 9 heteroatoms. The van der Waals surface area contributed by atoms with Crippen molar-refractivity contribution in [2.24, 2.45) is 0 Å². The summed E-state index contributed by atoms with van der Waals surface area (Å²) in [5.41, 5.74) is -0.796. The number of rotatable bonds is 6. The summed E-state index contributed by atoms with van der Waals surface area (Å²) in [6.45, 7) is 1.70. The molecule has 5 rings (SSSR count). The number of nitrogens with zero attached hydrogens (tertiary/aromatic N) is 2. The molecule has 3 heterocycles. The number of methoxy groups -OCH3 is 1. The molecule has 0 radical (unpaired) electrons. The van der Waals surface area contributed by atoms with Crippen molar-refractivity contribution in [1.29, 1.82) is 0 Å². The van der Waals surface area contributed by atoms with Gasteiger partial charge in [0.2, 0.25) is 0 Å². The number of hydrogen-bond acceptors (Lipinski definition) is 7. The second-order valence-electron chi connectivity index (χ2n) is 8.41. The SMILES string of the molecule is CO[C@H]1[C@H]2OC3CC=C[C@H](O)C31O[C@H]2n1cc(C)c(=O)n(COCc2ccccc2)c1=O. The Kier molecular flexibility index (Phi) is 5.39. The predicted molar refractivity (Wildman–Crippen MR) is 113 cm³/mol. The van der Waals surface area contributed by atoms with Gasteiger partial charge < -0.3 is 24.1 Å². The Bertz CT molecular complexity index is 1140. The lowest BCUT2D eigenvalue weighted by Gasteiger charge is -2.42. The Balaban J connectivity index is 1.45. The quantitative estimate of drug-likeness (QED) is 0.663. The van der Waals surface area contributed by atoms with Crippen molar-refractivity contribution in [2.75, 3.05) is 7.11 Å². The number of aromatic nitrogens is 2. The van der Waals surface area contributed by atoms with Crippen LogP contribution in [0.5, 0.6) is 0 Å². The van der Waals surface area contributed by atoms with Crippen LogP contribution >= 0.6 is 0 Å². The fourth-order valence-corrected chi connectivity index (χ4v) is 5.01. The number of aryl methyl sites for hydroxylation is 1. The molecule has 2 bridgehead atoms. The standard InChI is InChI=1S/C23H26N2O7/c1-14-11-24(22(28)25(20(14)27)13-30-12-15-7-4-3-5-8-15)21-18-19(29-2)23(32-21)16(26)9-6-10-17(23)31-18/h3-9,11,16-19,21,26H,10,12-13H2,1-2H3/t16-,17?,18+,19-,21+,23?/m0/s1. The highest BCUT2D eigenvalue weighted by Gasteiger charge is 2.70. The third-order valence-corrected chi connectivity index (χ3v) is 6.53. The summed E-state index contributed by atoms with van der Waals surface area (Å²) in [5.74, 6) is 0. The minimum Gasteiger partial charge on any atom is -0.386 e. The molecule has 2 aliphatic heterocycles. The van der Waals surface area contributed by atoms with Gasteiger partial charge in [0, 0.05) is 18.9 Å². The van der Waals surface area contributed by atoms with Gasteiger partial charge in [-0.2, -0.15) is 0 Å². The first-order valence-electron chi connectivity index (χ1n) is 10.6. The molecular formula is C23H26N2O7. The number of aliphatic hydroxyl groups excluding tert-OH is 1. The van der Waals surface area contributed by atoms with E-state index in [0.29, 0.717) is 12.0 Å². The van der Waals surface area contributed by atoms with Crippen LogP contribution in [0.25, 0.3) is 0 Å². The molecule has 0 amide bonds. The van der Waals surface area contributed by atoms with Gasteiger partial charge in [0.15, 0.2) is 11.8 Å². The zero-order valence-corrected chi connectivity index (χ0v) is 17.9. The minimum absolute atomic E-state index is 0.195. The van der Waals surface area contributed by atoms with E-state index in [9.17, 15) is 14.7 Å². The van der Waals surface area contributed by atoms with Crippen LogP contribution in [0, 0.1) is 6.92 Å². The lowest BCUT2D eigenvalue weighted by Crippen LogP contribution is -2.57. The highest BCUT2D eigenvalue weighted by molar-refractivity contribution is 5.24. The van der Waals surface area contributed by atoms with Crippen molar-refractivity contribution < 1.29 is 24.1 Å². The number of hydrogen-bond donors (Lipinski definition) is 1. The lowest BCUT2D eigenvalue weighted by molar-refractivity contribution is -0.239. The zero-order valence-electron chi connectivity index (χ0n) is 17.9. The highest BCUT2D eigenvalue weighted by atomic mass is 16.7. The molecule has 2 aromatic rings. The molecule has 1 aliphatic carbocycles. The Labute approximate surface area is 184 Å². The van der Waals surface area contributed by atoms with E-state index in [2.05, 4.69) is 0 Å². The molecule has 170 valence electrons. The third-order valence-electron chi connectivity index (χ3n) is 6.53. The van der Waals surface area contributed by atoms with Crippen LogP contribution in [0.3, 0.4) is 0 Å². The first kappa shape index (κ1) is 21.3. The van der Waals surface area contributed by atoms with Gasteiger partial charge in [-0.15, -0.1) is 0 Å². The van der Waals surface area contributed by atoms with E-state index in [1.165, 1.54) is 17.9 Å². The summed E-state index contributed by atoms with van der Waals surface area (Å²) in [4.78, 5) is 26.0. The highest BCUT2D eigenvalue weighted by Crippen LogP contribution is 2.53. The first-order valence-corrected chi connectivity index (χ1v) is 10.6. The van der Waals surface area contributed by atoms with E-state index in [0.717, 1.165) is 10.1 Å². The monoisotopic (exact) mass is 442 g/mol. The van der Waals surface area contributed by atoms with E-state index >= 15 is 0 Å². The average molecular weight is 442 g/mol. The molecule has 3 aliphatic rings. The van der Waals surface area contributed by atoms with Gasteiger partial charge in [0.05, 0.1) is 12.7 Å². The summed E-state index contributed by atoms with van der Waals surface area (Å²) in [6.07, 6.45) is 2.27. The fraction of sp³-hybridized carbons (Fsp3) is 0.478. The van der Waals surface area contributed by atoms with Crippen molar-refractivity contribution in [3.05, 3.63) is 80.6 Å². The molecule has 32 heavy (non-hydrogen) atoms. The molecular weight excluding hydrogens is 416 g/mol. The van der Waals surface area contributed by atoms with Crippen LogP contribution in [-0.4, -0.2) is 51.4 Å². The molecule has 1 N–H and O–H groups in total. The fourth-order valence-electron chi connectivity index (χ4n) is 5.01. The topological polar surface area (TPSA) is 101 Å². The number of aliphatic hydroxyl groups is 1. The lowest BCUT2D eigenvalue weighted by atomic mass is 9.81. The summed E-state index contributed by atoms with van der Waals surface area (Å²) in [7, 11) is 1.54. The maximum atomic E-state index is 13.3. The molecule has 1 aromatic heterocycles. The van der Waals surface area contributed by atoms with E-state index in [4.69, 9.17) is 18.9 Å². The van der Waals surface area contributed by atoms with Crippen molar-refractivity contribution in [2.45, 2.75) is 62.9 Å². The molecule has 6 atom stereocenters. The average Bonchev–Trinajstić information content (AvgIpc) is 3.30. The van der Waals surface area contributed by atoms with Crippen LogP contribution in [0.2, 0.25) is 0 Å². The Hall–Kier alpha value is -2.56. The molecule has 1 spiro atoms. The first-order chi connectivity index (χ1) is 15.5. The van der Waals surface area contributed by atoms with E-state index < -0.39 is 41.4 Å². The normalized spacial score (nSPS) is 32.9. The number of benzene rings is 1. The van der Waals surface area contributed by atoms with Crippen LogP contribution in [-0.2, 0) is 32.3 Å². The Morgan fingerprint density at radius 1 is 1.25 bits per heavy atom. The maximum absolute atomic E-state index is 13.3. The smallest absolute Gasteiger partial charge is 0.335 e. The Morgan fingerprint density at radius 2 is 2.03 bits per heavy atom. The van der Waals surface area contributed by atoms with Gasteiger partial charge in [-0.3, -0.25) is 9.36 Å². The van der Waals surface area contributed by atoms with Gasteiger partial charge >= 0.3 is 5.69 Å². The van der Waals surface area contributed by atoms with Crippen molar-refractivity contribution in [3.63, 3.8) is 0 Å². The van der Waals surface area contributed by atoms with E-state index in [1.54, 1.807) is 13.0 Å². The van der Waals surface area contributed by atoms with Gasteiger partial charge in [0.1, 0.15) is 25.0 Å². The van der Waals surface area contributed by atoms with Crippen LogP contribution in [0.4, 0.5) is 0 Å². The Morgan fingerprint density at radius 3 is 2.78 bits per heavy atom. The third kappa shape index (κ3) is 3.12. The molecule has 2 unspecified atom stereocenters.